The number of aromatic amines is 1. The van der Waals surface area contributed by atoms with E-state index in [1.165, 1.54) is 12.3 Å². The highest BCUT2D eigenvalue weighted by atomic mass is 35.5. The average Bonchev–Trinajstić information content (AvgIpc) is 2.97. The van der Waals surface area contributed by atoms with Gasteiger partial charge in [0.1, 0.15) is 9.36 Å². The van der Waals surface area contributed by atoms with Crippen molar-refractivity contribution in [2.24, 2.45) is 0 Å². The van der Waals surface area contributed by atoms with E-state index < -0.39 is 0 Å². The van der Waals surface area contributed by atoms with E-state index in [1.54, 1.807) is 11.3 Å². The number of nitrogens with one attached hydrogen (secondary N) is 2. The van der Waals surface area contributed by atoms with E-state index in [0.29, 0.717) is 10.8 Å². The van der Waals surface area contributed by atoms with Crippen molar-refractivity contribution in [1.82, 2.24) is 15.3 Å². The van der Waals surface area contributed by atoms with Crippen molar-refractivity contribution in [3.63, 3.8) is 0 Å². The van der Waals surface area contributed by atoms with Crippen LogP contribution in [0.2, 0.25) is 5.02 Å². The fourth-order valence-corrected chi connectivity index (χ4v) is 5.17. The predicted molar refractivity (Wildman–Crippen MR) is 98.3 cm³/mol. The highest BCUT2D eigenvalue weighted by molar-refractivity contribution is 8.01. The molecule has 1 amide bonds. The van der Waals surface area contributed by atoms with E-state index in [2.05, 4.69) is 20.7 Å². The summed E-state index contributed by atoms with van der Waals surface area (Å²) in [7, 11) is 0. The third-order valence-electron chi connectivity index (χ3n) is 3.99. The molecule has 24 heavy (non-hydrogen) atoms. The number of halogens is 1. The SMILES string of the molecule is Cc1csc(SC2CCC(NC(=O)c3c[nH]c(=O)c(Cl)c3)CC2)n1. The number of carbonyl (C=O) groups is 1. The molecule has 1 fully saturated rings. The molecule has 2 heterocycles. The Balaban J connectivity index is 1.50. The van der Waals surface area contributed by atoms with Crippen molar-refractivity contribution in [1.29, 1.82) is 0 Å². The van der Waals surface area contributed by atoms with Gasteiger partial charge < -0.3 is 10.3 Å². The van der Waals surface area contributed by atoms with Crippen LogP contribution in [0.15, 0.2) is 26.8 Å². The van der Waals surface area contributed by atoms with Gasteiger partial charge in [0.25, 0.3) is 11.5 Å². The summed E-state index contributed by atoms with van der Waals surface area (Å²) in [6.07, 6.45) is 5.41. The Hall–Kier alpha value is -1.31. The number of pyridine rings is 1. The summed E-state index contributed by atoms with van der Waals surface area (Å²) in [4.78, 5) is 30.5. The van der Waals surface area contributed by atoms with Gasteiger partial charge in [-0.25, -0.2) is 4.98 Å². The topological polar surface area (TPSA) is 74.8 Å². The third-order valence-corrected chi connectivity index (χ3v) is 6.70. The van der Waals surface area contributed by atoms with E-state index in [1.807, 2.05) is 18.7 Å². The highest BCUT2D eigenvalue weighted by Gasteiger charge is 2.24. The van der Waals surface area contributed by atoms with Crippen LogP contribution in [0, 0.1) is 6.92 Å². The van der Waals surface area contributed by atoms with Gasteiger partial charge in [-0.2, -0.15) is 0 Å². The minimum atomic E-state index is -0.386. The van der Waals surface area contributed by atoms with Crippen LogP contribution in [0.1, 0.15) is 41.7 Å². The van der Waals surface area contributed by atoms with E-state index in [0.717, 1.165) is 35.7 Å². The zero-order chi connectivity index (χ0) is 17.1. The van der Waals surface area contributed by atoms with Crippen molar-refractivity contribution < 1.29 is 4.79 Å². The number of nitrogens with zero attached hydrogens (tertiary/aromatic N) is 1. The van der Waals surface area contributed by atoms with E-state index >= 15 is 0 Å². The molecule has 128 valence electrons. The van der Waals surface area contributed by atoms with Gasteiger partial charge in [0, 0.05) is 28.6 Å². The molecule has 0 aromatic carbocycles. The number of amides is 1. The second-order valence-electron chi connectivity index (χ2n) is 5.89. The Labute approximate surface area is 153 Å². The second kappa shape index (κ2) is 7.72. The summed E-state index contributed by atoms with van der Waals surface area (Å²) in [6, 6.07) is 1.57. The molecule has 0 aliphatic heterocycles. The molecule has 2 aromatic rings. The van der Waals surface area contributed by atoms with Gasteiger partial charge in [0.05, 0.1) is 5.56 Å². The van der Waals surface area contributed by atoms with Crippen LogP contribution in [0.25, 0.3) is 0 Å². The number of thioether (sulfide) groups is 1. The monoisotopic (exact) mass is 383 g/mol. The molecule has 1 saturated carbocycles. The van der Waals surface area contributed by atoms with Gasteiger partial charge in [0.15, 0.2) is 0 Å². The maximum Gasteiger partial charge on any atom is 0.266 e. The van der Waals surface area contributed by atoms with Crippen molar-refractivity contribution in [3.8, 4) is 0 Å². The summed E-state index contributed by atoms with van der Waals surface area (Å²) < 4.78 is 1.13. The molecule has 0 unspecified atom stereocenters. The maximum atomic E-state index is 12.2. The molecule has 2 aromatic heterocycles. The molecule has 2 N–H and O–H groups in total. The number of thiazole rings is 1. The smallest absolute Gasteiger partial charge is 0.266 e. The lowest BCUT2D eigenvalue weighted by molar-refractivity contribution is 0.0927. The van der Waals surface area contributed by atoms with Crippen LogP contribution in [-0.4, -0.2) is 27.2 Å². The van der Waals surface area contributed by atoms with Gasteiger partial charge >= 0.3 is 0 Å². The molecular formula is C16H18ClN3O2S2. The summed E-state index contributed by atoms with van der Waals surface area (Å²) in [6.45, 7) is 2.01. The Morgan fingerprint density at radius 1 is 1.42 bits per heavy atom. The Kier molecular flexibility index (Phi) is 5.63. The van der Waals surface area contributed by atoms with Gasteiger partial charge in [-0.3, -0.25) is 9.59 Å². The lowest BCUT2D eigenvalue weighted by atomic mass is 9.95. The molecule has 0 saturated heterocycles. The molecule has 1 aliphatic rings. The lowest BCUT2D eigenvalue weighted by Crippen LogP contribution is -2.38. The molecule has 0 bridgehead atoms. The van der Waals surface area contributed by atoms with Crippen LogP contribution in [0.5, 0.6) is 0 Å². The third kappa shape index (κ3) is 4.40. The maximum absolute atomic E-state index is 12.2. The lowest BCUT2D eigenvalue weighted by Gasteiger charge is -2.28. The molecule has 0 atom stereocenters. The molecule has 0 radical (unpaired) electrons. The zero-order valence-electron chi connectivity index (χ0n) is 13.2. The fourth-order valence-electron chi connectivity index (χ4n) is 2.71. The first-order valence-corrected chi connectivity index (χ1v) is 9.93. The summed E-state index contributed by atoms with van der Waals surface area (Å²) in [5.41, 5.74) is 1.07. The molecule has 1 aliphatic carbocycles. The fraction of sp³-hybridized carbons (Fsp3) is 0.438. The van der Waals surface area contributed by atoms with Crippen LogP contribution in [0.4, 0.5) is 0 Å². The minimum absolute atomic E-state index is 0.0292. The van der Waals surface area contributed by atoms with Crippen LogP contribution in [0.3, 0.4) is 0 Å². The number of carbonyl (C=O) groups excluding carboxylic acids is 1. The second-order valence-corrected chi connectivity index (χ2v) is 8.70. The van der Waals surface area contributed by atoms with E-state index in [-0.39, 0.29) is 22.5 Å². The summed E-state index contributed by atoms with van der Waals surface area (Å²) >= 11 is 9.31. The molecular weight excluding hydrogens is 366 g/mol. The zero-order valence-corrected chi connectivity index (χ0v) is 15.6. The summed E-state index contributed by atoms with van der Waals surface area (Å²) in [5, 5.41) is 5.69. The summed E-state index contributed by atoms with van der Waals surface area (Å²) in [5.74, 6) is -0.195. The van der Waals surface area contributed by atoms with Crippen LogP contribution in [-0.2, 0) is 0 Å². The van der Waals surface area contributed by atoms with Gasteiger partial charge in [-0.15, -0.1) is 11.3 Å². The van der Waals surface area contributed by atoms with Crippen LogP contribution >= 0.6 is 34.7 Å². The van der Waals surface area contributed by atoms with Crippen molar-refractivity contribution in [2.45, 2.75) is 48.2 Å². The first-order chi connectivity index (χ1) is 11.5. The van der Waals surface area contributed by atoms with Crippen molar-refractivity contribution in [3.05, 3.63) is 44.3 Å². The van der Waals surface area contributed by atoms with E-state index in [9.17, 15) is 9.59 Å². The minimum Gasteiger partial charge on any atom is -0.349 e. The standard InChI is InChI=1S/C16H18ClN3O2S2/c1-9-8-23-16(19-9)24-12-4-2-11(3-5-12)20-14(21)10-6-13(17)15(22)18-7-10/h6-8,11-12H,2-5H2,1H3,(H,18,22)(H,20,21). The van der Waals surface area contributed by atoms with Crippen molar-refractivity contribution in [2.75, 3.05) is 0 Å². The van der Waals surface area contributed by atoms with Gasteiger partial charge in [-0.1, -0.05) is 23.4 Å². The molecule has 3 rings (SSSR count). The van der Waals surface area contributed by atoms with E-state index in [4.69, 9.17) is 11.6 Å². The Bertz CT molecular complexity index is 782. The highest BCUT2D eigenvalue weighted by Crippen LogP contribution is 2.35. The normalized spacial score (nSPS) is 20.8. The number of rotatable bonds is 4. The van der Waals surface area contributed by atoms with Crippen LogP contribution < -0.4 is 10.9 Å². The molecule has 5 nitrogen and oxygen atoms in total. The van der Waals surface area contributed by atoms with Gasteiger partial charge in [-0.05, 0) is 38.7 Å². The number of aromatic nitrogens is 2. The van der Waals surface area contributed by atoms with Gasteiger partial charge in [0.2, 0.25) is 0 Å². The largest absolute Gasteiger partial charge is 0.349 e. The molecule has 8 heteroatoms. The van der Waals surface area contributed by atoms with Crippen molar-refractivity contribution >= 4 is 40.6 Å². The predicted octanol–water partition coefficient (Wildman–Crippen LogP) is 3.63. The quantitative estimate of drug-likeness (QED) is 0.845. The number of H-pyrrole nitrogens is 1. The number of hydrogen-bond donors (Lipinski definition) is 2. The first kappa shape index (κ1) is 17.5. The Morgan fingerprint density at radius 3 is 2.79 bits per heavy atom. The number of hydrogen-bond acceptors (Lipinski definition) is 5. The molecule has 0 spiro atoms. The Morgan fingerprint density at radius 2 is 2.17 bits per heavy atom. The number of aryl methyl sites for hydroxylation is 1. The first-order valence-electron chi connectivity index (χ1n) is 7.79. The average molecular weight is 384 g/mol.